The van der Waals surface area contributed by atoms with E-state index < -0.39 is 86.7 Å². The number of hydrogen-bond donors (Lipinski definition) is 0. The second-order valence-electron chi connectivity index (χ2n) is 16.1. The third kappa shape index (κ3) is 8.09. The van der Waals surface area contributed by atoms with Gasteiger partial charge < -0.3 is 0 Å². The normalized spacial score (nSPS) is 13.0. The molecule has 0 saturated carbocycles. The van der Waals surface area contributed by atoms with Crippen LogP contribution in [0.25, 0.3) is 33.3 Å². The van der Waals surface area contributed by atoms with Gasteiger partial charge in [0.05, 0.1) is 11.7 Å². The lowest BCUT2D eigenvalue weighted by atomic mass is 9.35. The lowest BCUT2D eigenvalue weighted by Crippen LogP contribution is -2.58. The van der Waals surface area contributed by atoms with Crippen molar-refractivity contribution in [3.63, 3.8) is 0 Å². The van der Waals surface area contributed by atoms with E-state index in [-0.39, 0.29) is 16.6 Å². The molecule has 0 atom stereocenters. The summed E-state index contributed by atoms with van der Waals surface area (Å²) < 4.78 is 164. The third-order valence-electron chi connectivity index (χ3n) is 12.4. The summed E-state index contributed by atoms with van der Waals surface area (Å²) in [5.41, 5.74) is -1.36. The molecule has 1 aliphatic rings. The molecule has 5 aromatic carbocycles. The Bertz CT molecular complexity index is 2490. The first-order chi connectivity index (χ1) is 29.8. The van der Waals surface area contributed by atoms with Gasteiger partial charge in [0.1, 0.15) is 11.0 Å². The van der Waals surface area contributed by atoms with Crippen LogP contribution in [0.1, 0.15) is 115 Å². The van der Waals surface area contributed by atoms with E-state index in [2.05, 4.69) is 38.5 Å². The van der Waals surface area contributed by atoms with E-state index in [0.717, 1.165) is 99.9 Å². The van der Waals surface area contributed by atoms with Gasteiger partial charge in [0, 0.05) is 26.4 Å². The lowest BCUT2D eigenvalue weighted by molar-refractivity contribution is 0.382. The molecule has 1 heterocycles. The van der Waals surface area contributed by atoms with Crippen LogP contribution in [0.15, 0.2) is 53.0 Å². The van der Waals surface area contributed by atoms with E-state index in [1.165, 1.54) is 6.07 Å². The highest BCUT2D eigenvalue weighted by molar-refractivity contribution is 9.10. The standard InChI is InChI=1S/C47H42BBrF10N2S/c1-3-5-7-9-11-15-21-47(22-16-12-10-8-6-4-2)29-18-14-13-17-25(29)27-24-31(28(23-30(27)47)26-19-20-32(49)46-45(26)60-62-61-46)48(33-35(50)39(54)43(58)40(55)36(33)51)34-37(52)41(56)44(59)42(57)38(34)53/h13-14,17-20,23-24H,3-12,15-16,21-22H2,1-2H3. The number of unbranched alkanes of at least 4 members (excludes halogenated alkanes) is 10. The summed E-state index contributed by atoms with van der Waals surface area (Å²) in [6.45, 7) is 1.49. The van der Waals surface area contributed by atoms with Crippen LogP contribution in [0.5, 0.6) is 0 Å². The number of halogens is 11. The quantitative estimate of drug-likeness (QED) is 0.0282. The Hall–Kier alpha value is -4.24. The van der Waals surface area contributed by atoms with Crippen molar-refractivity contribution in [2.75, 3.05) is 0 Å². The second-order valence-corrected chi connectivity index (χ2v) is 17.5. The maximum absolute atomic E-state index is 16.2. The Morgan fingerprint density at radius 3 is 1.48 bits per heavy atom. The molecule has 2 nitrogen and oxygen atoms in total. The van der Waals surface area contributed by atoms with Crippen molar-refractivity contribution in [3.05, 3.63) is 122 Å². The number of nitrogens with zero attached hydrogens (tertiary/aromatic N) is 2. The minimum Gasteiger partial charge on any atom is -0.204 e. The highest BCUT2D eigenvalue weighted by atomic mass is 79.9. The first-order valence-corrected chi connectivity index (χ1v) is 22.5. The van der Waals surface area contributed by atoms with Crippen LogP contribution in [0, 0.1) is 58.2 Å². The highest BCUT2D eigenvalue weighted by Crippen LogP contribution is 2.55. The summed E-state index contributed by atoms with van der Waals surface area (Å²) >= 11 is 4.25. The van der Waals surface area contributed by atoms with E-state index in [9.17, 15) is 8.78 Å². The number of hydrogen-bond acceptors (Lipinski definition) is 3. The van der Waals surface area contributed by atoms with E-state index in [4.69, 9.17) is 0 Å². The maximum atomic E-state index is 16.2. The van der Waals surface area contributed by atoms with E-state index in [1.54, 1.807) is 24.3 Å². The fourth-order valence-electron chi connectivity index (χ4n) is 9.33. The Morgan fingerprint density at radius 2 is 0.952 bits per heavy atom. The zero-order chi connectivity index (χ0) is 44.5. The van der Waals surface area contributed by atoms with Crippen molar-refractivity contribution >= 4 is 61.8 Å². The van der Waals surface area contributed by atoms with Crippen molar-refractivity contribution in [1.82, 2.24) is 8.75 Å². The van der Waals surface area contributed by atoms with Crippen LogP contribution in [0.4, 0.5) is 43.9 Å². The summed E-state index contributed by atoms with van der Waals surface area (Å²) in [6.07, 6.45) is 13.3. The Balaban J connectivity index is 1.59. The van der Waals surface area contributed by atoms with Crippen molar-refractivity contribution < 1.29 is 43.9 Å². The molecule has 0 N–H and O–H groups in total. The Kier molecular flexibility index (Phi) is 14.2. The molecule has 0 aliphatic heterocycles. The van der Waals surface area contributed by atoms with Gasteiger partial charge in [-0.3, -0.25) is 0 Å². The van der Waals surface area contributed by atoms with Crippen molar-refractivity contribution in [2.45, 2.75) is 109 Å². The Labute approximate surface area is 366 Å². The molecule has 62 heavy (non-hydrogen) atoms. The van der Waals surface area contributed by atoms with Crippen molar-refractivity contribution in [1.29, 1.82) is 0 Å². The molecule has 0 saturated heterocycles. The first kappa shape index (κ1) is 45.8. The molecule has 326 valence electrons. The lowest BCUT2D eigenvalue weighted by Gasteiger charge is -2.34. The minimum atomic E-state index is -2.78. The van der Waals surface area contributed by atoms with Crippen LogP contribution in [-0.2, 0) is 5.41 Å². The Morgan fingerprint density at radius 1 is 0.484 bits per heavy atom. The molecule has 0 unspecified atom stereocenters. The monoisotopic (exact) mass is 946 g/mol. The van der Waals surface area contributed by atoms with Gasteiger partial charge in [-0.2, -0.15) is 8.75 Å². The molecule has 0 amide bonds. The van der Waals surface area contributed by atoms with Crippen LogP contribution in [0.2, 0.25) is 0 Å². The SMILES string of the molecule is CCCCCCCCC1(CCCCCCCC)c2ccccc2-c2cc(B(c3c(F)c(F)c(F)c(F)c3F)c3c(F)c(F)c(F)c(F)c3F)c(-c3ccc(Br)c4nsnc34)cc21. The molecule has 1 aromatic heterocycles. The van der Waals surface area contributed by atoms with E-state index in [1.807, 2.05) is 18.2 Å². The summed E-state index contributed by atoms with van der Waals surface area (Å²) in [4.78, 5) is 0. The van der Waals surface area contributed by atoms with Crippen LogP contribution in [-0.4, -0.2) is 15.5 Å². The molecule has 0 radical (unpaired) electrons. The van der Waals surface area contributed by atoms with Crippen molar-refractivity contribution in [2.24, 2.45) is 0 Å². The molecular formula is C47H42BBrF10N2S. The number of fused-ring (bicyclic) bond motifs is 4. The number of aromatic nitrogens is 2. The van der Waals surface area contributed by atoms with Gasteiger partial charge in [-0.1, -0.05) is 139 Å². The van der Waals surface area contributed by atoms with Gasteiger partial charge in [-0.25, -0.2) is 43.9 Å². The maximum Gasteiger partial charge on any atom is 0.257 e. The summed E-state index contributed by atoms with van der Waals surface area (Å²) in [5.74, 6) is -25.0. The van der Waals surface area contributed by atoms with Gasteiger partial charge in [-0.15, -0.1) is 0 Å². The fraction of sp³-hybridized carbons (Fsp3) is 0.362. The fourth-order valence-corrected chi connectivity index (χ4v) is 10.4. The highest BCUT2D eigenvalue weighted by Gasteiger charge is 2.46. The first-order valence-electron chi connectivity index (χ1n) is 21.0. The third-order valence-corrected chi connectivity index (χ3v) is 13.6. The average Bonchev–Trinajstić information content (AvgIpc) is 3.88. The molecule has 6 aromatic rings. The minimum absolute atomic E-state index is 0.0325. The molecule has 7 rings (SSSR count). The number of benzene rings is 5. The van der Waals surface area contributed by atoms with Crippen molar-refractivity contribution in [3.8, 4) is 22.3 Å². The van der Waals surface area contributed by atoms with E-state index >= 15 is 35.1 Å². The summed E-state index contributed by atoms with van der Waals surface area (Å²) in [7, 11) is 0. The molecular weight excluding hydrogens is 905 g/mol. The van der Waals surface area contributed by atoms with Gasteiger partial charge in [0.2, 0.25) is 0 Å². The summed E-state index contributed by atoms with van der Waals surface area (Å²) in [5, 5.41) is 0. The predicted octanol–water partition coefficient (Wildman–Crippen LogP) is 13.8. The van der Waals surface area contributed by atoms with Gasteiger partial charge in [0.25, 0.3) is 6.71 Å². The predicted molar refractivity (Wildman–Crippen MR) is 230 cm³/mol. The summed E-state index contributed by atoms with van der Waals surface area (Å²) in [6, 6.07) is 13.6. The zero-order valence-corrected chi connectivity index (χ0v) is 36.5. The smallest absolute Gasteiger partial charge is 0.204 e. The second kappa shape index (κ2) is 19.2. The molecule has 15 heteroatoms. The van der Waals surface area contributed by atoms with Crippen LogP contribution < -0.4 is 16.4 Å². The van der Waals surface area contributed by atoms with Gasteiger partial charge in [-0.05, 0) is 62.7 Å². The topological polar surface area (TPSA) is 25.8 Å². The van der Waals surface area contributed by atoms with E-state index in [0.29, 0.717) is 34.0 Å². The average molecular weight is 948 g/mol. The zero-order valence-electron chi connectivity index (χ0n) is 34.1. The molecule has 0 spiro atoms. The van der Waals surface area contributed by atoms with Gasteiger partial charge >= 0.3 is 0 Å². The van der Waals surface area contributed by atoms with Gasteiger partial charge in [0.15, 0.2) is 58.2 Å². The molecule has 0 fully saturated rings. The number of rotatable bonds is 18. The molecule has 1 aliphatic carbocycles. The largest absolute Gasteiger partial charge is 0.257 e. The molecule has 0 bridgehead atoms. The van der Waals surface area contributed by atoms with Crippen LogP contribution in [0.3, 0.4) is 0 Å². The van der Waals surface area contributed by atoms with Crippen LogP contribution >= 0.6 is 27.7 Å².